The number of allylic oxidation sites excluding steroid dienone is 1. The van der Waals surface area contributed by atoms with E-state index in [2.05, 4.69) is 45.5 Å². The van der Waals surface area contributed by atoms with Crippen molar-refractivity contribution in [3.8, 4) is 0 Å². The van der Waals surface area contributed by atoms with Crippen LogP contribution in [0.5, 0.6) is 0 Å². The second-order valence-corrected chi connectivity index (χ2v) is 3.38. The first-order valence-electron chi connectivity index (χ1n) is 4.35. The molecule has 0 amide bonds. The van der Waals surface area contributed by atoms with E-state index in [4.69, 9.17) is 0 Å². The zero-order chi connectivity index (χ0) is 9.14. The minimum Gasteiger partial charge on any atom is -0.102 e. The molecule has 0 saturated heterocycles. The summed E-state index contributed by atoms with van der Waals surface area (Å²) in [5, 5.41) is 0. The summed E-state index contributed by atoms with van der Waals surface area (Å²) in [4.78, 5) is 0. The maximum Gasteiger partial charge on any atom is -0.00104 e. The summed E-state index contributed by atoms with van der Waals surface area (Å²) in [5.74, 6) is 0.463. The van der Waals surface area contributed by atoms with Crippen molar-refractivity contribution in [1.29, 1.82) is 0 Å². The third-order valence-electron chi connectivity index (χ3n) is 2.28. The Hall–Kier alpha value is -1.04. The molecule has 1 aromatic carbocycles. The van der Waals surface area contributed by atoms with E-state index in [1.165, 1.54) is 16.7 Å². The largest absolute Gasteiger partial charge is 0.102 e. The van der Waals surface area contributed by atoms with Crippen LogP contribution in [0.1, 0.15) is 29.5 Å². The molecule has 0 spiro atoms. The topological polar surface area (TPSA) is 0 Å². The summed E-state index contributed by atoms with van der Waals surface area (Å²) in [6, 6.07) is 6.56. The van der Waals surface area contributed by atoms with Gasteiger partial charge in [0.05, 0.1) is 0 Å². The lowest BCUT2D eigenvalue weighted by Crippen LogP contribution is -1.93. The van der Waals surface area contributed by atoms with Crippen LogP contribution < -0.4 is 0 Å². The first kappa shape index (κ1) is 9.05. The van der Waals surface area contributed by atoms with Gasteiger partial charge in [-0.15, -0.1) is 6.58 Å². The van der Waals surface area contributed by atoms with Gasteiger partial charge in [-0.25, -0.2) is 0 Å². The van der Waals surface area contributed by atoms with Crippen molar-refractivity contribution in [2.45, 2.75) is 26.7 Å². The molecule has 0 heteroatoms. The summed E-state index contributed by atoms with van der Waals surface area (Å²) in [5.41, 5.74) is 4.07. The third-order valence-corrected chi connectivity index (χ3v) is 2.28. The molecule has 0 heterocycles. The van der Waals surface area contributed by atoms with Crippen molar-refractivity contribution in [3.63, 3.8) is 0 Å². The molecule has 0 aromatic heterocycles. The smallest absolute Gasteiger partial charge is 0.00104 e. The Balaban J connectivity index is 3.12. The number of aryl methyl sites for hydroxylation is 2. The maximum absolute atomic E-state index is 3.81. The van der Waals surface area contributed by atoms with Crippen LogP contribution in [-0.2, 0) is 0 Å². The van der Waals surface area contributed by atoms with Crippen LogP contribution in [0.2, 0.25) is 0 Å². The van der Waals surface area contributed by atoms with Crippen molar-refractivity contribution in [2.24, 2.45) is 0 Å². The molecule has 1 rings (SSSR count). The van der Waals surface area contributed by atoms with Gasteiger partial charge in [0.15, 0.2) is 0 Å². The Morgan fingerprint density at radius 2 is 2.00 bits per heavy atom. The monoisotopic (exact) mass is 160 g/mol. The van der Waals surface area contributed by atoms with Crippen LogP contribution >= 0.6 is 0 Å². The fourth-order valence-electron chi connectivity index (χ4n) is 1.38. The average molecular weight is 160 g/mol. The van der Waals surface area contributed by atoms with Gasteiger partial charge < -0.3 is 0 Å². The highest BCUT2D eigenvalue weighted by Gasteiger charge is 2.03. The predicted octanol–water partition coefficient (Wildman–Crippen LogP) is 3.59. The highest BCUT2D eigenvalue weighted by atomic mass is 14.1. The molecule has 1 atom stereocenters. The Labute approximate surface area is 74.9 Å². The first-order valence-corrected chi connectivity index (χ1v) is 4.35. The minimum absolute atomic E-state index is 0.463. The molecule has 0 aliphatic carbocycles. The molecule has 0 saturated carbocycles. The van der Waals surface area contributed by atoms with Crippen molar-refractivity contribution in [1.82, 2.24) is 0 Å². The lowest BCUT2D eigenvalue weighted by Gasteiger charge is -2.10. The standard InChI is InChI=1S/C12H16/c1-5-10(3)12-8-9(2)6-7-11(12)4/h5-8,10H,1H2,2-4H3. The molecule has 12 heavy (non-hydrogen) atoms. The summed E-state index contributed by atoms with van der Waals surface area (Å²) in [7, 11) is 0. The zero-order valence-electron chi connectivity index (χ0n) is 8.09. The van der Waals surface area contributed by atoms with Gasteiger partial charge in [-0.05, 0) is 30.9 Å². The number of benzene rings is 1. The van der Waals surface area contributed by atoms with E-state index in [9.17, 15) is 0 Å². The summed E-state index contributed by atoms with van der Waals surface area (Å²) >= 11 is 0. The van der Waals surface area contributed by atoms with Crippen LogP contribution in [0.15, 0.2) is 30.9 Å². The number of hydrogen-bond acceptors (Lipinski definition) is 0. The van der Waals surface area contributed by atoms with Gasteiger partial charge >= 0.3 is 0 Å². The molecule has 1 aromatic rings. The van der Waals surface area contributed by atoms with E-state index in [0.29, 0.717) is 5.92 Å². The summed E-state index contributed by atoms with van der Waals surface area (Å²) < 4.78 is 0. The molecule has 64 valence electrons. The van der Waals surface area contributed by atoms with Gasteiger partial charge in [-0.2, -0.15) is 0 Å². The molecule has 0 nitrogen and oxygen atoms in total. The van der Waals surface area contributed by atoms with Crippen LogP contribution in [0, 0.1) is 13.8 Å². The van der Waals surface area contributed by atoms with E-state index in [0.717, 1.165) is 0 Å². The van der Waals surface area contributed by atoms with E-state index in [1.807, 2.05) is 6.08 Å². The SMILES string of the molecule is C=CC(C)c1cc(C)ccc1C. The van der Waals surface area contributed by atoms with Gasteiger partial charge in [-0.1, -0.05) is 36.8 Å². The van der Waals surface area contributed by atoms with Gasteiger partial charge in [0.1, 0.15) is 0 Å². The molecule has 0 fully saturated rings. The Kier molecular flexibility index (Phi) is 2.69. The van der Waals surface area contributed by atoms with Crippen LogP contribution in [0.3, 0.4) is 0 Å². The van der Waals surface area contributed by atoms with Crippen molar-refractivity contribution >= 4 is 0 Å². The normalized spacial score (nSPS) is 12.6. The molecular weight excluding hydrogens is 144 g/mol. The van der Waals surface area contributed by atoms with Gasteiger partial charge in [-0.3, -0.25) is 0 Å². The molecule has 0 N–H and O–H groups in total. The van der Waals surface area contributed by atoms with Crippen molar-refractivity contribution in [2.75, 3.05) is 0 Å². The molecule has 1 unspecified atom stereocenters. The van der Waals surface area contributed by atoms with Gasteiger partial charge in [0.2, 0.25) is 0 Å². The fraction of sp³-hybridized carbons (Fsp3) is 0.333. The van der Waals surface area contributed by atoms with Crippen molar-refractivity contribution < 1.29 is 0 Å². The lowest BCUT2D eigenvalue weighted by atomic mass is 9.95. The molecule has 0 aliphatic rings. The maximum atomic E-state index is 3.81. The molecule has 0 radical (unpaired) electrons. The minimum atomic E-state index is 0.463. The second kappa shape index (κ2) is 3.57. The Morgan fingerprint density at radius 1 is 1.33 bits per heavy atom. The van der Waals surface area contributed by atoms with E-state index in [-0.39, 0.29) is 0 Å². The highest BCUT2D eigenvalue weighted by Crippen LogP contribution is 2.21. The van der Waals surface area contributed by atoms with E-state index < -0.39 is 0 Å². The van der Waals surface area contributed by atoms with E-state index >= 15 is 0 Å². The predicted molar refractivity (Wildman–Crippen MR) is 54.5 cm³/mol. The van der Waals surface area contributed by atoms with Gasteiger partial charge in [0, 0.05) is 0 Å². The average Bonchev–Trinajstić information content (AvgIpc) is 2.08. The first-order chi connectivity index (χ1) is 5.65. The lowest BCUT2D eigenvalue weighted by molar-refractivity contribution is 0.952. The van der Waals surface area contributed by atoms with Gasteiger partial charge in [0.25, 0.3) is 0 Å². The van der Waals surface area contributed by atoms with E-state index in [1.54, 1.807) is 0 Å². The quantitative estimate of drug-likeness (QED) is 0.580. The number of rotatable bonds is 2. The second-order valence-electron chi connectivity index (χ2n) is 3.38. The Bertz CT molecular complexity index is 284. The fourth-order valence-corrected chi connectivity index (χ4v) is 1.38. The van der Waals surface area contributed by atoms with Crippen molar-refractivity contribution in [3.05, 3.63) is 47.5 Å². The number of hydrogen-bond donors (Lipinski definition) is 0. The third kappa shape index (κ3) is 1.76. The zero-order valence-corrected chi connectivity index (χ0v) is 8.09. The van der Waals surface area contributed by atoms with Crippen LogP contribution in [0.4, 0.5) is 0 Å². The van der Waals surface area contributed by atoms with Crippen LogP contribution in [-0.4, -0.2) is 0 Å². The molecule has 0 bridgehead atoms. The molecular formula is C12H16. The highest BCUT2D eigenvalue weighted by molar-refractivity contribution is 5.34. The molecule has 0 aliphatic heterocycles. The summed E-state index contributed by atoms with van der Waals surface area (Å²) in [6.07, 6.45) is 1.99. The Morgan fingerprint density at radius 3 is 2.58 bits per heavy atom. The summed E-state index contributed by atoms with van der Waals surface area (Å²) in [6.45, 7) is 10.3. The van der Waals surface area contributed by atoms with Crippen LogP contribution in [0.25, 0.3) is 0 Å².